The highest BCUT2D eigenvalue weighted by molar-refractivity contribution is 5.93. The Kier molecular flexibility index (Phi) is 3.15. The molecule has 5 heterocycles. The third-order valence-electron chi connectivity index (χ3n) is 5.39. The summed E-state index contributed by atoms with van der Waals surface area (Å²) in [5, 5.41) is 3.20. The summed E-state index contributed by atoms with van der Waals surface area (Å²) < 4.78 is 5.64. The molecule has 118 valence electrons. The molecule has 1 aromatic heterocycles. The van der Waals surface area contributed by atoms with E-state index >= 15 is 0 Å². The maximum Gasteiger partial charge on any atom is 0.270 e. The number of pyridine rings is 1. The molecule has 1 N–H and O–H groups in total. The van der Waals surface area contributed by atoms with E-state index in [1.54, 1.807) is 6.20 Å². The maximum atomic E-state index is 12.6. The van der Waals surface area contributed by atoms with Crippen LogP contribution in [0.5, 0.6) is 5.75 Å². The predicted octanol–water partition coefficient (Wildman–Crippen LogP) is 1.58. The van der Waals surface area contributed by atoms with Crippen LogP contribution < -0.4 is 10.1 Å². The van der Waals surface area contributed by atoms with Crippen molar-refractivity contribution in [3.8, 4) is 5.75 Å². The standard InChI is InChI=1S/C17H23N3O2/c1-17(2)10-22-15-8-18-13(7-12(15)17)16(21)19-14-9-20-5-3-11(14)4-6-20/h7-8,11,14H,3-6,9-10H2,1-2H3,(H,19,21)/t14-/m0/s1. The van der Waals surface area contributed by atoms with Crippen molar-refractivity contribution in [1.82, 2.24) is 15.2 Å². The topological polar surface area (TPSA) is 54.5 Å². The van der Waals surface area contributed by atoms with Crippen LogP contribution in [-0.2, 0) is 5.41 Å². The number of carbonyl (C=O) groups excluding carboxylic acids is 1. The molecule has 5 rings (SSSR count). The van der Waals surface area contributed by atoms with Gasteiger partial charge in [0.15, 0.2) is 0 Å². The zero-order chi connectivity index (χ0) is 15.3. The summed E-state index contributed by atoms with van der Waals surface area (Å²) in [7, 11) is 0. The first-order valence-electron chi connectivity index (χ1n) is 8.19. The van der Waals surface area contributed by atoms with Gasteiger partial charge in [0.25, 0.3) is 5.91 Å². The molecule has 0 aliphatic carbocycles. The van der Waals surface area contributed by atoms with Crippen molar-refractivity contribution >= 4 is 5.91 Å². The number of amides is 1. The van der Waals surface area contributed by atoms with Crippen LogP contribution in [0.25, 0.3) is 0 Å². The normalized spacial score (nSPS) is 31.5. The van der Waals surface area contributed by atoms with Gasteiger partial charge in [-0.1, -0.05) is 13.8 Å². The number of nitrogens with one attached hydrogen (secondary N) is 1. The molecule has 1 atom stereocenters. The van der Waals surface area contributed by atoms with Gasteiger partial charge in [-0.15, -0.1) is 0 Å². The van der Waals surface area contributed by atoms with E-state index in [-0.39, 0.29) is 17.4 Å². The first-order valence-corrected chi connectivity index (χ1v) is 8.19. The Morgan fingerprint density at radius 3 is 2.86 bits per heavy atom. The predicted molar refractivity (Wildman–Crippen MR) is 83.2 cm³/mol. The molecule has 0 saturated carbocycles. The Balaban J connectivity index is 1.52. The smallest absolute Gasteiger partial charge is 0.270 e. The average molecular weight is 301 g/mol. The van der Waals surface area contributed by atoms with Gasteiger partial charge in [-0.25, -0.2) is 4.98 Å². The number of hydrogen-bond acceptors (Lipinski definition) is 4. The minimum Gasteiger partial charge on any atom is -0.491 e. The molecule has 1 amide bonds. The number of nitrogens with zero attached hydrogens (tertiary/aromatic N) is 2. The maximum absolute atomic E-state index is 12.6. The van der Waals surface area contributed by atoms with E-state index in [0.29, 0.717) is 18.2 Å². The van der Waals surface area contributed by atoms with Gasteiger partial charge in [0.1, 0.15) is 11.4 Å². The first kappa shape index (κ1) is 14.0. The highest BCUT2D eigenvalue weighted by Crippen LogP contribution is 2.38. The molecule has 0 unspecified atom stereocenters. The first-order chi connectivity index (χ1) is 10.5. The number of fused-ring (bicyclic) bond motifs is 4. The van der Waals surface area contributed by atoms with E-state index in [1.807, 2.05) is 6.07 Å². The lowest BCUT2D eigenvalue weighted by Gasteiger charge is -2.44. The van der Waals surface area contributed by atoms with Crippen LogP contribution in [0, 0.1) is 5.92 Å². The van der Waals surface area contributed by atoms with E-state index in [9.17, 15) is 4.79 Å². The molecule has 2 bridgehead atoms. The second kappa shape index (κ2) is 4.95. The Labute approximate surface area is 131 Å². The molecule has 0 radical (unpaired) electrons. The van der Waals surface area contributed by atoms with Gasteiger partial charge >= 0.3 is 0 Å². The zero-order valence-electron chi connectivity index (χ0n) is 13.3. The van der Waals surface area contributed by atoms with Crippen molar-refractivity contribution in [3.63, 3.8) is 0 Å². The molecule has 3 fully saturated rings. The molecule has 4 aliphatic rings. The van der Waals surface area contributed by atoms with Crippen molar-refractivity contribution in [2.75, 3.05) is 26.2 Å². The number of carbonyl (C=O) groups is 1. The van der Waals surface area contributed by atoms with E-state index < -0.39 is 0 Å². The van der Waals surface area contributed by atoms with Crippen LogP contribution in [0.4, 0.5) is 0 Å². The third kappa shape index (κ3) is 2.28. The second-order valence-corrected chi connectivity index (χ2v) is 7.46. The minimum atomic E-state index is -0.0527. The molecule has 22 heavy (non-hydrogen) atoms. The summed E-state index contributed by atoms with van der Waals surface area (Å²) in [6.45, 7) is 8.26. The molecule has 4 aliphatic heterocycles. The Hall–Kier alpha value is -1.62. The fourth-order valence-corrected chi connectivity index (χ4v) is 3.92. The average Bonchev–Trinajstić information content (AvgIpc) is 2.83. The van der Waals surface area contributed by atoms with Gasteiger partial charge in [-0.3, -0.25) is 4.79 Å². The molecule has 3 saturated heterocycles. The van der Waals surface area contributed by atoms with Crippen molar-refractivity contribution < 1.29 is 9.53 Å². The van der Waals surface area contributed by atoms with Gasteiger partial charge in [-0.2, -0.15) is 0 Å². The van der Waals surface area contributed by atoms with Gasteiger partial charge in [0.05, 0.1) is 12.8 Å². The summed E-state index contributed by atoms with van der Waals surface area (Å²) in [6.07, 6.45) is 4.09. The molecule has 0 aromatic carbocycles. The number of piperidine rings is 3. The van der Waals surface area contributed by atoms with Gasteiger partial charge in [0, 0.05) is 23.6 Å². The summed E-state index contributed by atoms with van der Waals surface area (Å²) >= 11 is 0. The number of rotatable bonds is 2. The van der Waals surface area contributed by atoms with Crippen LogP contribution in [-0.4, -0.2) is 48.1 Å². The summed E-state index contributed by atoms with van der Waals surface area (Å²) in [4.78, 5) is 19.3. The van der Waals surface area contributed by atoms with E-state index in [0.717, 1.165) is 17.9 Å². The largest absolute Gasteiger partial charge is 0.491 e. The monoisotopic (exact) mass is 301 g/mol. The molecule has 5 nitrogen and oxygen atoms in total. The molecule has 5 heteroatoms. The second-order valence-electron chi connectivity index (χ2n) is 7.46. The molecule has 0 spiro atoms. The van der Waals surface area contributed by atoms with Crippen LogP contribution in [0.2, 0.25) is 0 Å². The highest BCUT2D eigenvalue weighted by Gasteiger charge is 2.36. The van der Waals surface area contributed by atoms with Crippen molar-refractivity contribution in [1.29, 1.82) is 0 Å². The van der Waals surface area contributed by atoms with E-state index in [1.165, 1.54) is 25.9 Å². The third-order valence-corrected chi connectivity index (χ3v) is 5.39. The Morgan fingerprint density at radius 1 is 1.41 bits per heavy atom. The lowest BCUT2D eigenvalue weighted by Crippen LogP contribution is -2.57. The highest BCUT2D eigenvalue weighted by atomic mass is 16.5. The summed E-state index contributed by atoms with van der Waals surface area (Å²) in [5.41, 5.74) is 1.54. The fraction of sp³-hybridized carbons (Fsp3) is 0.647. The van der Waals surface area contributed by atoms with Crippen LogP contribution in [0.15, 0.2) is 12.3 Å². The van der Waals surface area contributed by atoms with Gasteiger partial charge in [-0.05, 0) is 37.9 Å². The molecular formula is C17H23N3O2. The number of ether oxygens (including phenoxy) is 1. The van der Waals surface area contributed by atoms with Gasteiger partial charge < -0.3 is 15.0 Å². The Bertz CT molecular complexity index is 606. The van der Waals surface area contributed by atoms with Crippen molar-refractivity contribution in [3.05, 3.63) is 23.5 Å². The summed E-state index contributed by atoms with van der Waals surface area (Å²) in [5.74, 6) is 1.39. The van der Waals surface area contributed by atoms with Crippen molar-refractivity contribution in [2.45, 2.75) is 38.1 Å². The lowest BCUT2D eigenvalue weighted by atomic mass is 9.84. The molecular weight excluding hydrogens is 278 g/mol. The lowest BCUT2D eigenvalue weighted by molar-refractivity contribution is 0.0617. The van der Waals surface area contributed by atoms with E-state index in [4.69, 9.17) is 4.74 Å². The van der Waals surface area contributed by atoms with Crippen LogP contribution in [0.3, 0.4) is 0 Å². The number of hydrogen-bond donors (Lipinski definition) is 1. The SMILES string of the molecule is CC1(C)COc2cnc(C(=O)N[C@H]3CN4CCC3CC4)cc21. The zero-order valence-corrected chi connectivity index (χ0v) is 13.3. The minimum absolute atomic E-state index is 0.0516. The van der Waals surface area contributed by atoms with Crippen LogP contribution in [0.1, 0.15) is 42.7 Å². The number of aromatic nitrogens is 1. The van der Waals surface area contributed by atoms with Crippen LogP contribution >= 0.6 is 0 Å². The fourth-order valence-electron chi connectivity index (χ4n) is 3.92. The quantitative estimate of drug-likeness (QED) is 0.901. The summed E-state index contributed by atoms with van der Waals surface area (Å²) in [6, 6.07) is 2.17. The Morgan fingerprint density at radius 2 is 2.18 bits per heavy atom. The van der Waals surface area contributed by atoms with E-state index in [2.05, 4.69) is 29.0 Å². The molecule has 1 aromatic rings. The van der Waals surface area contributed by atoms with Gasteiger partial charge in [0.2, 0.25) is 0 Å². The van der Waals surface area contributed by atoms with Crippen molar-refractivity contribution in [2.24, 2.45) is 5.92 Å².